The van der Waals surface area contributed by atoms with E-state index in [9.17, 15) is 14.0 Å². The molecule has 5 aromatic rings. The predicted octanol–water partition coefficient (Wildman–Crippen LogP) is 5.84. The molecule has 1 atom stereocenters. The standard InChI is InChI=1S/C31H25FN4O2S/c32-25-18-16-24(17-19-25)30-35-36-31(39-30)34-28(37)26(20-21-10-4-1-5-11-21)33-29(38)27(22-12-6-2-7-13-22)23-14-8-3-9-15-23/h1-19,26-27H,20H2,(H,33,38)(H,34,36,37)/t26-/m0/s1. The summed E-state index contributed by atoms with van der Waals surface area (Å²) in [6, 6.07) is 33.5. The Morgan fingerprint density at radius 3 is 1.87 bits per heavy atom. The Bertz CT molecular complexity index is 1490. The highest BCUT2D eigenvalue weighted by Crippen LogP contribution is 2.27. The number of benzene rings is 4. The normalized spacial score (nSPS) is 11.6. The van der Waals surface area contributed by atoms with Crippen molar-refractivity contribution in [2.45, 2.75) is 18.4 Å². The molecule has 6 nitrogen and oxygen atoms in total. The van der Waals surface area contributed by atoms with E-state index in [0.717, 1.165) is 16.7 Å². The predicted molar refractivity (Wildman–Crippen MR) is 151 cm³/mol. The van der Waals surface area contributed by atoms with Crippen molar-refractivity contribution in [1.29, 1.82) is 0 Å². The molecule has 194 valence electrons. The van der Waals surface area contributed by atoms with Crippen LogP contribution in [-0.4, -0.2) is 28.1 Å². The molecule has 0 saturated heterocycles. The number of amides is 2. The van der Waals surface area contributed by atoms with Crippen LogP contribution in [0.25, 0.3) is 10.6 Å². The molecule has 0 unspecified atom stereocenters. The van der Waals surface area contributed by atoms with E-state index >= 15 is 0 Å². The summed E-state index contributed by atoms with van der Waals surface area (Å²) in [6.45, 7) is 0. The lowest BCUT2D eigenvalue weighted by molar-refractivity contribution is -0.126. The molecule has 39 heavy (non-hydrogen) atoms. The van der Waals surface area contributed by atoms with Gasteiger partial charge in [0.1, 0.15) is 16.9 Å². The molecule has 5 rings (SSSR count). The van der Waals surface area contributed by atoms with Gasteiger partial charge in [-0.2, -0.15) is 0 Å². The Kier molecular flexibility index (Phi) is 8.14. The van der Waals surface area contributed by atoms with Gasteiger partial charge in [0, 0.05) is 12.0 Å². The maximum atomic E-state index is 13.8. The van der Waals surface area contributed by atoms with Gasteiger partial charge in [-0.25, -0.2) is 4.39 Å². The molecule has 0 radical (unpaired) electrons. The molecule has 1 heterocycles. The molecule has 0 aliphatic heterocycles. The monoisotopic (exact) mass is 536 g/mol. The lowest BCUT2D eigenvalue weighted by Crippen LogP contribution is -2.47. The quantitative estimate of drug-likeness (QED) is 0.248. The van der Waals surface area contributed by atoms with Gasteiger partial charge in [-0.15, -0.1) is 10.2 Å². The lowest BCUT2D eigenvalue weighted by atomic mass is 9.90. The van der Waals surface area contributed by atoms with Crippen molar-refractivity contribution in [1.82, 2.24) is 15.5 Å². The van der Waals surface area contributed by atoms with Crippen molar-refractivity contribution >= 4 is 28.3 Å². The Hall–Kier alpha value is -4.69. The molecule has 0 spiro atoms. The summed E-state index contributed by atoms with van der Waals surface area (Å²) in [7, 11) is 0. The van der Waals surface area contributed by atoms with Crippen LogP contribution in [0.15, 0.2) is 115 Å². The maximum absolute atomic E-state index is 13.8. The maximum Gasteiger partial charge on any atom is 0.249 e. The van der Waals surface area contributed by atoms with Gasteiger partial charge < -0.3 is 5.32 Å². The zero-order valence-electron chi connectivity index (χ0n) is 20.8. The summed E-state index contributed by atoms with van der Waals surface area (Å²) in [5.41, 5.74) is 3.25. The minimum atomic E-state index is -0.868. The number of nitrogens with zero attached hydrogens (tertiary/aromatic N) is 2. The average molecular weight is 537 g/mol. The van der Waals surface area contributed by atoms with E-state index in [2.05, 4.69) is 20.8 Å². The fourth-order valence-electron chi connectivity index (χ4n) is 4.28. The van der Waals surface area contributed by atoms with Gasteiger partial charge in [0.25, 0.3) is 0 Å². The first-order valence-corrected chi connectivity index (χ1v) is 13.2. The van der Waals surface area contributed by atoms with Gasteiger partial charge in [-0.3, -0.25) is 14.9 Å². The van der Waals surface area contributed by atoms with Gasteiger partial charge in [-0.1, -0.05) is 102 Å². The van der Waals surface area contributed by atoms with Crippen LogP contribution >= 0.6 is 11.3 Å². The van der Waals surface area contributed by atoms with Crippen LogP contribution in [0.5, 0.6) is 0 Å². The van der Waals surface area contributed by atoms with Crippen LogP contribution in [0, 0.1) is 5.82 Å². The van der Waals surface area contributed by atoms with Gasteiger partial charge >= 0.3 is 0 Å². The van der Waals surface area contributed by atoms with Crippen molar-refractivity contribution in [2.75, 3.05) is 5.32 Å². The molecule has 0 aliphatic rings. The Balaban J connectivity index is 1.39. The first kappa shape index (κ1) is 25.9. The second kappa shape index (κ2) is 12.2. The highest BCUT2D eigenvalue weighted by Gasteiger charge is 2.28. The first-order chi connectivity index (χ1) is 19.1. The van der Waals surface area contributed by atoms with Crippen molar-refractivity contribution in [3.05, 3.63) is 138 Å². The summed E-state index contributed by atoms with van der Waals surface area (Å²) in [6.07, 6.45) is 0.290. The Labute approximate surface area is 229 Å². The average Bonchev–Trinajstić information content (AvgIpc) is 3.43. The second-order valence-corrected chi connectivity index (χ2v) is 9.89. The molecule has 1 aromatic heterocycles. The van der Waals surface area contributed by atoms with Crippen molar-refractivity contribution in [3.8, 4) is 10.6 Å². The number of rotatable bonds is 9. The number of nitrogens with one attached hydrogen (secondary N) is 2. The van der Waals surface area contributed by atoms with Crippen LogP contribution < -0.4 is 10.6 Å². The van der Waals surface area contributed by atoms with Crippen LogP contribution in [0.1, 0.15) is 22.6 Å². The van der Waals surface area contributed by atoms with Gasteiger partial charge in [0.2, 0.25) is 16.9 Å². The molecule has 0 bridgehead atoms. The highest BCUT2D eigenvalue weighted by molar-refractivity contribution is 7.18. The van der Waals surface area contributed by atoms with Crippen LogP contribution in [0.4, 0.5) is 9.52 Å². The summed E-state index contributed by atoms with van der Waals surface area (Å²) in [5.74, 6) is -1.63. The third-order valence-electron chi connectivity index (χ3n) is 6.19. The van der Waals surface area contributed by atoms with Gasteiger partial charge in [-0.05, 0) is 41.0 Å². The zero-order valence-corrected chi connectivity index (χ0v) is 21.6. The van der Waals surface area contributed by atoms with E-state index in [0.29, 0.717) is 17.0 Å². The van der Waals surface area contributed by atoms with E-state index in [1.54, 1.807) is 12.1 Å². The first-order valence-electron chi connectivity index (χ1n) is 12.4. The molecular formula is C31H25FN4O2S. The molecule has 0 aliphatic carbocycles. The van der Waals surface area contributed by atoms with E-state index in [1.165, 1.54) is 23.5 Å². The van der Waals surface area contributed by atoms with E-state index in [-0.39, 0.29) is 16.9 Å². The van der Waals surface area contributed by atoms with E-state index < -0.39 is 17.9 Å². The lowest BCUT2D eigenvalue weighted by Gasteiger charge is -2.23. The number of carbonyl (C=O) groups is 2. The largest absolute Gasteiger partial charge is 0.343 e. The SMILES string of the molecule is O=C(N[C@@H](Cc1ccccc1)C(=O)Nc1nnc(-c2ccc(F)cc2)s1)C(c1ccccc1)c1ccccc1. The zero-order chi connectivity index (χ0) is 27.0. The molecule has 0 saturated carbocycles. The molecule has 2 N–H and O–H groups in total. The summed E-state index contributed by atoms with van der Waals surface area (Å²) in [5, 5.41) is 14.8. The number of anilines is 1. The van der Waals surface area contributed by atoms with Crippen molar-refractivity contribution < 1.29 is 14.0 Å². The number of carbonyl (C=O) groups excluding carboxylic acids is 2. The fourth-order valence-corrected chi connectivity index (χ4v) is 5.03. The summed E-state index contributed by atoms with van der Waals surface area (Å²) in [4.78, 5) is 27.3. The van der Waals surface area contributed by atoms with Crippen LogP contribution in [0.3, 0.4) is 0 Å². The van der Waals surface area contributed by atoms with Crippen molar-refractivity contribution in [2.24, 2.45) is 0 Å². The third kappa shape index (κ3) is 6.61. The minimum absolute atomic E-state index is 0.284. The number of hydrogen-bond donors (Lipinski definition) is 2. The highest BCUT2D eigenvalue weighted by atomic mass is 32.1. The Morgan fingerprint density at radius 1 is 0.718 bits per heavy atom. The van der Waals surface area contributed by atoms with Gasteiger partial charge in [0.15, 0.2) is 0 Å². The Morgan fingerprint density at radius 2 is 1.28 bits per heavy atom. The van der Waals surface area contributed by atoms with E-state index in [1.807, 2.05) is 91.0 Å². The number of halogens is 1. The van der Waals surface area contributed by atoms with E-state index in [4.69, 9.17) is 0 Å². The topological polar surface area (TPSA) is 84.0 Å². The summed E-state index contributed by atoms with van der Waals surface area (Å²) < 4.78 is 13.3. The number of aromatic nitrogens is 2. The molecule has 0 fully saturated rings. The number of hydrogen-bond acceptors (Lipinski definition) is 5. The smallest absolute Gasteiger partial charge is 0.249 e. The van der Waals surface area contributed by atoms with Crippen LogP contribution in [0.2, 0.25) is 0 Å². The third-order valence-corrected chi connectivity index (χ3v) is 7.08. The minimum Gasteiger partial charge on any atom is -0.343 e. The molecule has 8 heteroatoms. The molecule has 2 amide bonds. The van der Waals surface area contributed by atoms with Crippen molar-refractivity contribution in [3.63, 3.8) is 0 Å². The van der Waals surface area contributed by atoms with Crippen LogP contribution in [-0.2, 0) is 16.0 Å². The fraction of sp³-hybridized carbons (Fsp3) is 0.0968. The molecule has 4 aromatic carbocycles. The molecular weight excluding hydrogens is 511 g/mol. The van der Waals surface area contributed by atoms with Gasteiger partial charge in [0.05, 0.1) is 5.92 Å². The summed E-state index contributed by atoms with van der Waals surface area (Å²) >= 11 is 1.17. The second-order valence-electron chi connectivity index (χ2n) is 8.91.